The maximum atomic E-state index is 17.4. The van der Waals surface area contributed by atoms with Gasteiger partial charge in [-0.2, -0.15) is 29.1 Å². The smallest absolute Gasteiger partial charge is 0.319 e. The minimum absolute atomic E-state index is 0.00335. The van der Waals surface area contributed by atoms with Crippen LogP contribution in [0.4, 0.5) is 28.4 Å². The first-order valence-electron chi connectivity index (χ1n) is 17.1. The maximum Gasteiger partial charge on any atom is 0.319 e. The van der Waals surface area contributed by atoms with Crippen molar-refractivity contribution in [3.8, 4) is 23.3 Å². The van der Waals surface area contributed by atoms with E-state index in [-0.39, 0.29) is 86.3 Å². The van der Waals surface area contributed by atoms with Crippen molar-refractivity contribution in [3.63, 3.8) is 0 Å². The number of hydroxylamine groups is 2. The number of nitrogens with two attached hydrogens (primary N) is 1. The van der Waals surface area contributed by atoms with Crippen LogP contribution in [0.2, 0.25) is 0 Å². The molecule has 1 saturated carbocycles. The molecule has 4 aliphatic heterocycles. The number of thiophene rings is 1. The lowest BCUT2D eigenvalue weighted by atomic mass is 9.93. The highest BCUT2D eigenvalue weighted by Gasteiger charge is 2.46. The molecular formula is C35H34F4N8O3S. The Hall–Kier alpha value is -4.14. The molecule has 1 aliphatic carbocycles. The van der Waals surface area contributed by atoms with Gasteiger partial charge >= 0.3 is 6.01 Å². The van der Waals surface area contributed by atoms with E-state index >= 15 is 8.78 Å². The molecule has 16 heteroatoms. The first-order chi connectivity index (χ1) is 24.6. The highest BCUT2D eigenvalue weighted by Crippen LogP contribution is 2.50. The molecule has 266 valence electrons. The molecule has 0 spiro atoms. The third-order valence-corrected chi connectivity index (χ3v) is 12.3. The molecular weight excluding hydrogens is 688 g/mol. The number of aromatic nitrogens is 3. The van der Waals surface area contributed by atoms with Crippen molar-refractivity contribution in [1.29, 1.82) is 5.26 Å². The third-order valence-electron chi connectivity index (χ3n) is 11.3. The predicted molar refractivity (Wildman–Crippen MR) is 180 cm³/mol. The number of nitriles is 1. The fourth-order valence-electron chi connectivity index (χ4n) is 8.49. The fraction of sp³-hybridized carbons (Fsp3) is 0.486. The van der Waals surface area contributed by atoms with Gasteiger partial charge in [0.1, 0.15) is 22.4 Å². The molecule has 9 rings (SSSR count). The minimum Gasteiger partial charge on any atom is -0.463 e. The van der Waals surface area contributed by atoms with Gasteiger partial charge in [-0.1, -0.05) is 0 Å². The Labute approximate surface area is 293 Å². The van der Waals surface area contributed by atoms with Gasteiger partial charge in [0.25, 0.3) is 6.08 Å². The summed E-state index contributed by atoms with van der Waals surface area (Å²) in [5.41, 5.74) is 7.52. The number of nitrogens with zero attached hydrogens (tertiary/aromatic N) is 7. The van der Waals surface area contributed by atoms with Gasteiger partial charge in [-0.05, 0) is 55.2 Å². The quantitative estimate of drug-likeness (QED) is 0.214. The molecule has 11 nitrogen and oxygen atoms in total. The van der Waals surface area contributed by atoms with Gasteiger partial charge in [-0.3, -0.25) is 4.98 Å². The number of rotatable bonds is 7. The number of halogens is 4. The van der Waals surface area contributed by atoms with Crippen molar-refractivity contribution >= 4 is 43.1 Å². The molecule has 7 heterocycles. The number of hydrogen-bond acceptors (Lipinski definition) is 12. The van der Waals surface area contributed by atoms with Crippen LogP contribution >= 0.6 is 11.3 Å². The van der Waals surface area contributed by atoms with Crippen LogP contribution in [-0.4, -0.2) is 81.5 Å². The predicted octanol–water partition coefficient (Wildman–Crippen LogP) is 6.12. The zero-order valence-corrected chi connectivity index (χ0v) is 28.3. The van der Waals surface area contributed by atoms with Crippen LogP contribution in [0.15, 0.2) is 17.9 Å². The summed E-state index contributed by atoms with van der Waals surface area (Å²) in [5, 5.41) is 22.5. The number of benzene rings is 1. The number of pyridine rings is 1. The minimum atomic E-state index is -1.57. The average Bonchev–Trinajstić information content (AvgIpc) is 3.40. The van der Waals surface area contributed by atoms with Gasteiger partial charge < -0.3 is 30.2 Å². The summed E-state index contributed by atoms with van der Waals surface area (Å²) in [7, 11) is 0. The lowest BCUT2D eigenvalue weighted by Crippen LogP contribution is -2.53. The molecule has 4 fully saturated rings. The van der Waals surface area contributed by atoms with Crippen molar-refractivity contribution in [2.75, 3.05) is 50.0 Å². The molecule has 4 aromatic rings. The molecule has 51 heavy (non-hydrogen) atoms. The Balaban J connectivity index is 1.16. The van der Waals surface area contributed by atoms with Crippen LogP contribution in [0.3, 0.4) is 0 Å². The molecule has 1 aromatic carbocycles. The third kappa shape index (κ3) is 5.40. The van der Waals surface area contributed by atoms with E-state index in [1.165, 1.54) is 5.06 Å². The van der Waals surface area contributed by atoms with Gasteiger partial charge in [0.15, 0.2) is 11.6 Å². The second-order valence-electron chi connectivity index (χ2n) is 14.4. The van der Waals surface area contributed by atoms with E-state index in [0.29, 0.717) is 67.9 Å². The van der Waals surface area contributed by atoms with E-state index in [1.807, 2.05) is 6.07 Å². The van der Waals surface area contributed by atoms with Crippen molar-refractivity contribution in [2.45, 2.75) is 63.8 Å². The average molecular weight is 723 g/mol. The fourth-order valence-corrected chi connectivity index (χ4v) is 9.41. The first-order valence-corrected chi connectivity index (χ1v) is 18.0. The monoisotopic (exact) mass is 722 g/mol. The van der Waals surface area contributed by atoms with Crippen LogP contribution in [0, 0.1) is 28.4 Å². The molecule has 0 radical (unpaired) electrons. The summed E-state index contributed by atoms with van der Waals surface area (Å²) in [4.78, 5) is 18.3. The summed E-state index contributed by atoms with van der Waals surface area (Å²) < 4.78 is 71.1. The topological polar surface area (TPSA) is 137 Å². The molecule has 2 bridgehead atoms. The van der Waals surface area contributed by atoms with Crippen molar-refractivity contribution in [3.05, 3.63) is 46.2 Å². The number of hydrogen-bond donors (Lipinski definition) is 2. The number of likely N-dealkylation sites (tertiary alicyclic amines) is 1. The van der Waals surface area contributed by atoms with Gasteiger partial charge in [0, 0.05) is 61.2 Å². The summed E-state index contributed by atoms with van der Waals surface area (Å²) in [6.45, 7) is 3.07. The van der Waals surface area contributed by atoms with Crippen LogP contribution in [-0.2, 0) is 18.0 Å². The Kier molecular flexibility index (Phi) is 7.85. The van der Waals surface area contributed by atoms with E-state index in [1.54, 1.807) is 0 Å². The Morgan fingerprint density at radius 3 is 2.51 bits per heavy atom. The van der Waals surface area contributed by atoms with Gasteiger partial charge in [-0.15, -0.1) is 11.3 Å². The van der Waals surface area contributed by atoms with Crippen molar-refractivity contribution in [2.24, 2.45) is 5.41 Å². The lowest BCUT2D eigenvalue weighted by molar-refractivity contribution is -0.104. The van der Waals surface area contributed by atoms with Crippen LogP contribution in [0.25, 0.3) is 32.2 Å². The van der Waals surface area contributed by atoms with Crippen LogP contribution in [0.5, 0.6) is 6.01 Å². The maximum absolute atomic E-state index is 17.4. The highest BCUT2D eigenvalue weighted by molar-refractivity contribution is 7.23. The zero-order chi connectivity index (χ0) is 35.2. The lowest BCUT2D eigenvalue weighted by Gasteiger charge is -2.39. The molecule has 3 aromatic heterocycles. The normalized spacial score (nSPS) is 22.9. The molecule has 2 atom stereocenters. The number of piperidine rings is 1. The van der Waals surface area contributed by atoms with Gasteiger partial charge in [-0.25, -0.2) is 8.78 Å². The Morgan fingerprint density at radius 1 is 1.10 bits per heavy atom. The summed E-state index contributed by atoms with van der Waals surface area (Å²) >= 11 is 0.912. The largest absolute Gasteiger partial charge is 0.463 e. The standard InChI is InChI=1S/C35H34F4N8O3S/c36-23-10-42-28(25-20(9-40)32(41)51-30(23)25)24-21-13-49-14-22(21)26-29(27(24)37)43-34(44-33(26)47-18-1-2-19(47)12-46(48)11-18)50-16-35(5-6-35)15-45-7-3-17(4-8-45)31(38)39/h10,18-19,48H,1-8,11-16,41H2. The summed E-state index contributed by atoms with van der Waals surface area (Å²) in [6.07, 6.45) is 3.55. The zero-order valence-electron chi connectivity index (χ0n) is 27.5. The number of piperazine rings is 1. The molecule has 3 saturated heterocycles. The number of fused-ring (bicyclic) bond motifs is 6. The Bertz CT molecular complexity index is 2160. The van der Waals surface area contributed by atoms with Crippen LogP contribution in [0.1, 0.15) is 55.2 Å². The SMILES string of the molecule is N#Cc1c(N)sc2c(F)cnc(-c3c4c(c5c(N6C7CCC6CN(O)C7)nc(OCC6(CN7CCC(=C(F)F)CC7)CC6)nc5c3F)COC4)c12. The number of nitrogen functional groups attached to an aromatic ring is 1. The Morgan fingerprint density at radius 2 is 1.82 bits per heavy atom. The highest BCUT2D eigenvalue weighted by atomic mass is 32.1. The van der Waals surface area contributed by atoms with E-state index in [2.05, 4.69) is 19.8 Å². The molecule has 5 aliphatic rings. The molecule has 3 N–H and O–H groups in total. The van der Waals surface area contributed by atoms with Crippen molar-refractivity contribution < 1.29 is 32.2 Å². The number of anilines is 2. The molecule has 0 amide bonds. The second-order valence-corrected chi connectivity index (χ2v) is 15.4. The van der Waals surface area contributed by atoms with E-state index in [4.69, 9.17) is 20.2 Å². The van der Waals surface area contributed by atoms with Crippen LogP contribution < -0.4 is 15.4 Å². The summed E-state index contributed by atoms with van der Waals surface area (Å²) in [6, 6.07) is 1.89. The van der Waals surface area contributed by atoms with E-state index in [0.717, 1.165) is 43.2 Å². The van der Waals surface area contributed by atoms with Gasteiger partial charge in [0.2, 0.25) is 0 Å². The number of ether oxygens (including phenoxy) is 2. The van der Waals surface area contributed by atoms with E-state index in [9.17, 15) is 19.2 Å². The van der Waals surface area contributed by atoms with Crippen molar-refractivity contribution in [1.82, 2.24) is 24.9 Å². The first kappa shape index (κ1) is 32.7. The summed E-state index contributed by atoms with van der Waals surface area (Å²) in [5.74, 6) is -0.876. The second kappa shape index (κ2) is 12.2. The van der Waals surface area contributed by atoms with Gasteiger partial charge in [0.05, 0.1) is 47.4 Å². The molecule has 2 unspecified atom stereocenters. The van der Waals surface area contributed by atoms with E-state index < -0.39 is 17.7 Å².